The number of methoxy groups -OCH3 is 1. The summed E-state index contributed by atoms with van der Waals surface area (Å²) in [5.41, 5.74) is 3.59. The van der Waals surface area contributed by atoms with Crippen molar-refractivity contribution in [3.63, 3.8) is 0 Å². The topological polar surface area (TPSA) is 107 Å². The fraction of sp³-hybridized carbons (Fsp3) is 0.400. The van der Waals surface area contributed by atoms with Crippen molar-refractivity contribution in [1.82, 2.24) is 24.2 Å². The van der Waals surface area contributed by atoms with E-state index < -0.39 is 0 Å². The lowest BCUT2D eigenvalue weighted by Gasteiger charge is -2.32. The maximum atomic E-state index is 12.2. The van der Waals surface area contributed by atoms with Gasteiger partial charge in [0.25, 0.3) is 0 Å². The number of carbonyl (C=O) groups is 1. The number of ether oxygens (including phenoxy) is 3. The molecule has 0 amide bonds. The molecule has 0 radical (unpaired) electrons. The molecule has 2 fully saturated rings. The molecule has 0 bridgehead atoms. The standard InChI is InChI=1S/C30H31ClN6O4/c1-39-30(38)20-3-5-26-27(15-20)36(17-25-9-13-40-25)28(33-26)18-35-10-6-24(7-11-35)37-12-8-29(34-37)41-19-21-2-4-23(31)14-22(21)16-32/h2-5,8,12,14-15,24-25H,6-7,9-11,13,17-19H2,1H3/t25-/m0/s1. The lowest BCUT2D eigenvalue weighted by molar-refractivity contribution is -0.0592. The van der Waals surface area contributed by atoms with E-state index in [2.05, 4.69) is 20.6 Å². The summed E-state index contributed by atoms with van der Waals surface area (Å²) in [6.07, 6.45) is 5.06. The summed E-state index contributed by atoms with van der Waals surface area (Å²) in [5.74, 6) is 1.15. The monoisotopic (exact) mass is 574 g/mol. The van der Waals surface area contributed by atoms with Gasteiger partial charge in [-0.05, 0) is 49.6 Å². The minimum absolute atomic E-state index is 0.168. The number of piperidine rings is 1. The highest BCUT2D eigenvalue weighted by Gasteiger charge is 2.26. The van der Waals surface area contributed by atoms with Gasteiger partial charge in [-0.25, -0.2) is 9.78 Å². The Morgan fingerprint density at radius 1 is 1.17 bits per heavy atom. The Hall–Kier alpha value is -3.91. The van der Waals surface area contributed by atoms with Gasteiger partial charge in [-0.15, -0.1) is 5.10 Å². The first-order chi connectivity index (χ1) is 20.0. The molecule has 0 spiro atoms. The third-order valence-electron chi connectivity index (χ3n) is 7.88. The fourth-order valence-corrected chi connectivity index (χ4v) is 5.62. The summed E-state index contributed by atoms with van der Waals surface area (Å²) in [4.78, 5) is 19.5. The molecule has 0 saturated carbocycles. The average Bonchev–Trinajstić information content (AvgIpc) is 3.58. The van der Waals surface area contributed by atoms with Crippen LogP contribution in [0.2, 0.25) is 5.02 Å². The Morgan fingerprint density at radius 2 is 2.00 bits per heavy atom. The first-order valence-corrected chi connectivity index (χ1v) is 14.2. The van der Waals surface area contributed by atoms with Crippen LogP contribution in [0.1, 0.15) is 52.6 Å². The number of aromatic nitrogens is 4. The van der Waals surface area contributed by atoms with Gasteiger partial charge < -0.3 is 18.8 Å². The van der Waals surface area contributed by atoms with E-state index in [4.69, 9.17) is 30.8 Å². The average molecular weight is 575 g/mol. The van der Waals surface area contributed by atoms with Crippen molar-refractivity contribution in [2.24, 2.45) is 0 Å². The highest BCUT2D eigenvalue weighted by atomic mass is 35.5. The molecule has 2 aliphatic heterocycles. The first kappa shape index (κ1) is 27.3. The van der Waals surface area contributed by atoms with Crippen LogP contribution in [0.25, 0.3) is 11.0 Å². The molecule has 10 nitrogen and oxygen atoms in total. The summed E-state index contributed by atoms with van der Waals surface area (Å²) < 4.78 is 20.7. The molecule has 41 heavy (non-hydrogen) atoms. The van der Waals surface area contributed by atoms with Crippen LogP contribution >= 0.6 is 11.6 Å². The molecular weight excluding hydrogens is 544 g/mol. The zero-order valence-corrected chi connectivity index (χ0v) is 23.6. The minimum atomic E-state index is -0.354. The minimum Gasteiger partial charge on any atom is -0.472 e. The summed E-state index contributed by atoms with van der Waals surface area (Å²) in [6, 6.07) is 15.0. The van der Waals surface area contributed by atoms with E-state index in [0.717, 1.165) is 74.5 Å². The third kappa shape index (κ3) is 5.93. The highest BCUT2D eigenvalue weighted by molar-refractivity contribution is 6.30. The van der Waals surface area contributed by atoms with E-state index >= 15 is 0 Å². The third-order valence-corrected chi connectivity index (χ3v) is 8.11. The van der Waals surface area contributed by atoms with Crippen LogP contribution in [0.3, 0.4) is 0 Å². The van der Waals surface area contributed by atoms with E-state index in [1.165, 1.54) is 7.11 Å². The summed E-state index contributed by atoms with van der Waals surface area (Å²) >= 11 is 6.00. The lowest BCUT2D eigenvalue weighted by Crippen LogP contribution is -2.36. The van der Waals surface area contributed by atoms with Crippen LogP contribution < -0.4 is 4.74 Å². The van der Waals surface area contributed by atoms with Crippen molar-refractivity contribution in [2.45, 2.75) is 51.1 Å². The van der Waals surface area contributed by atoms with Crippen molar-refractivity contribution in [3.8, 4) is 11.9 Å². The number of benzene rings is 2. The number of rotatable bonds is 9. The molecule has 2 saturated heterocycles. The highest BCUT2D eigenvalue weighted by Crippen LogP contribution is 2.27. The van der Waals surface area contributed by atoms with E-state index in [0.29, 0.717) is 22.0 Å². The Balaban J connectivity index is 1.09. The van der Waals surface area contributed by atoms with Gasteiger partial charge in [0, 0.05) is 42.5 Å². The van der Waals surface area contributed by atoms with Crippen LogP contribution in [-0.4, -0.2) is 63.1 Å². The van der Waals surface area contributed by atoms with Crippen molar-refractivity contribution in [1.29, 1.82) is 5.26 Å². The Morgan fingerprint density at radius 3 is 2.73 bits per heavy atom. The molecule has 0 aliphatic carbocycles. The largest absolute Gasteiger partial charge is 0.472 e. The number of hydrogen-bond acceptors (Lipinski definition) is 8. The van der Waals surface area contributed by atoms with Crippen molar-refractivity contribution >= 4 is 28.6 Å². The van der Waals surface area contributed by atoms with Crippen LogP contribution in [0.5, 0.6) is 5.88 Å². The zero-order chi connectivity index (χ0) is 28.3. The van der Waals surface area contributed by atoms with Crippen molar-refractivity contribution in [3.05, 3.63) is 76.2 Å². The fourth-order valence-electron chi connectivity index (χ4n) is 5.45. The number of hydrogen-bond donors (Lipinski definition) is 0. The smallest absolute Gasteiger partial charge is 0.337 e. The summed E-state index contributed by atoms with van der Waals surface area (Å²) in [7, 11) is 1.39. The molecule has 0 N–H and O–H groups in total. The maximum absolute atomic E-state index is 12.2. The molecule has 2 aromatic carbocycles. The molecule has 212 valence electrons. The second-order valence-electron chi connectivity index (χ2n) is 10.5. The SMILES string of the molecule is COC(=O)c1ccc2nc(CN3CCC(n4ccc(OCc5ccc(Cl)cc5C#N)n4)CC3)n(C[C@@H]3CCO3)c2c1. The van der Waals surface area contributed by atoms with Gasteiger partial charge in [0.1, 0.15) is 12.4 Å². The molecule has 0 unspecified atom stereocenters. The number of nitriles is 1. The zero-order valence-electron chi connectivity index (χ0n) is 22.8. The van der Waals surface area contributed by atoms with Crippen LogP contribution in [0.4, 0.5) is 0 Å². The molecule has 4 heterocycles. The Kier molecular flexibility index (Phi) is 7.92. The number of carbonyl (C=O) groups excluding carboxylic acids is 1. The number of nitrogens with zero attached hydrogens (tertiary/aromatic N) is 6. The number of likely N-dealkylation sites (tertiary alicyclic amines) is 1. The first-order valence-electron chi connectivity index (χ1n) is 13.8. The molecule has 1 atom stereocenters. The quantitative estimate of drug-likeness (QED) is 0.264. The van der Waals surface area contributed by atoms with Gasteiger partial charge in [-0.3, -0.25) is 9.58 Å². The van der Waals surface area contributed by atoms with Gasteiger partial charge in [0.05, 0.1) is 60.6 Å². The van der Waals surface area contributed by atoms with E-state index in [1.807, 2.05) is 29.1 Å². The van der Waals surface area contributed by atoms with Crippen molar-refractivity contribution < 1.29 is 19.0 Å². The summed E-state index contributed by atoms with van der Waals surface area (Å²) in [6.45, 7) is 4.30. The molecular formula is C30H31ClN6O4. The molecule has 2 aromatic heterocycles. The van der Waals surface area contributed by atoms with Gasteiger partial charge >= 0.3 is 5.97 Å². The molecule has 11 heteroatoms. The van der Waals surface area contributed by atoms with E-state index in [9.17, 15) is 10.1 Å². The maximum Gasteiger partial charge on any atom is 0.337 e. The number of esters is 1. The number of imidazole rings is 1. The molecule has 4 aromatic rings. The van der Waals surface area contributed by atoms with Crippen molar-refractivity contribution in [2.75, 3.05) is 26.8 Å². The van der Waals surface area contributed by atoms with E-state index in [1.54, 1.807) is 24.3 Å². The molecule has 2 aliphatic rings. The number of fused-ring (bicyclic) bond motifs is 1. The lowest BCUT2D eigenvalue weighted by atomic mass is 10.1. The predicted molar refractivity (Wildman–Crippen MR) is 152 cm³/mol. The Labute approximate surface area is 243 Å². The van der Waals surface area contributed by atoms with Gasteiger partial charge in [0.2, 0.25) is 5.88 Å². The predicted octanol–water partition coefficient (Wildman–Crippen LogP) is 4.75. The second kappa shape index (κ2) is 11.9. The van der Waals surface area contributed by atoms with Gasteiger partial charge in [-0.2, -0.15) is 5.26 Å². The van der Waals surface area contributed by atoms with E-state index in [-0.39, 0.29) is 24.7 Å². The number of halogens is 1. The summed E-state index contributed by atoms with van der Waals surface area (Å²) in [5, 5.41) is 14.5. The molecule has 6 rings (SSSR count). The van der Waals surface area contributed by atoms with Crippen LogP contribution in [-0.2, 0) is 29.2 Å². The van der Waals surface area contributed by atoms with Crippen LogP contribution in [0.15, 0.2) is 48.7 Å². The van der Waals surface area contributed by atoms with Crippen LogP contribution in [0, 0.1) is 11.3 Å². The van der Waals surface area contributed by atoms with Gasteiger partial charge in [-0.1, -0.05) is 17.7 Å². The second-order valence-corrected chi connectivity index (χ2v) is 10.9. The Bertz CT molecular complexity index is 1600. The van der Waals surface area contributed by atoms with Gasteiger partial charge in [0.15, 0.2) is 0 Å². The normalized spacial score (nSPS) is 17.7.